The zero-order valence-corrected chi connectivity index (χ0v) is 14.8. The molecule has 0 atom stereocenters. The summed E-state index contributed by atoms with van der Waals surface area (Å²) < 4.78 is 1.60. The number of aryl methyl sites for hydroxylation is 2. The quantitative estimate of drug-likeness (QED) is 0.772. The molecular weight excluding hydrogens is 326 g/mol. The smallest absolute Gasteiger partial charge is 0.278 e. The number of hydrogen-bond donors (Lipinski definition) is 1. The summed E-state index contributed by atoms with van der Waals surface area (Å²) in [5.41, 5.74) is 2.83. The second-order valence-corrected chi connectivity index (χ2v) is 6.26. The highest BCUT2D eigenvalue weighted by molar-refractivity contribution is 6.31. The topological polar surface area (TPSA) is 66.8 Å². The predicted molar refractivity (Wildman–Crippen MR) is 96.7 cm³/mol. The van der Waals surface area contributed by atoms with Gasteiger partial charge in [0.05, 0.1) is 5.69 Å². The largest absolute Gasteiger partial charge is 0.341 e. The highest BCUT2D eigenvalue weighted by Crippen LogP contribution is 2.20. The van der Waals surface area contributed by atoms with Crippen LogP contribution in [0, 0.1) is 0 Å². The van der Waals surface area contributed by atoms with E-state index in [1.165, 1.54) is 0 Å². The van der Waals surface area contributed by atoms with Gasteiger partial charge in [-0.2, -0.15) is 5.10 Å². The van der Waals surface area contributed by atoms with E-state index < -0.39 is 0 Å². The zero-order chi connectivity index (χ0) is 17.3. The van der Waals surface area contributed by atoms with Crippen molar-refractivity contribution in [2.24, 2.45) is 7.05 Å². The number of nitrogens with zero attached hydrogens (tertiary/aromatic N) is 4. The first kappa shape index (κ1) is 16.5. The Balaban J connectivity index is 2.02. The molecule has 0 amide bonds. The van der Waals surface area contributed by atoms with Gasteiger partial charge in [-0.05, 0) is 18.1 Å². The first-order chi connectivity index (χ1) is 11.5. The summed E-state index contributed by atoms with van der Waals surface area (Å²) in [6, 6.07) is 7.65. The maximum absolute atomic E-state index is 12.5. The standard InChI is InChI=1S/C17H20ClN5O/c1-4-7-13-14-15(23(3)21-13)16(24)20-17(19-14)22(2)10-11-8-5-6-9-12(11)18/h5-6,8-9H,4,7,10H2,1-3H3,(H,19,20,24). The van der Waals surface area contributed by atoms with Crippen molar-refractivity contribution < 1.29 is 0 Å². The van der Waals surface area contributed by atoms with Crippen LogP contribution in [-0.2, 0) is 20.0 Å². The van der Waals surface area contributed by atoms with Gasteiger partial charge in [-0.3, -0.25) is 14.5 Å². The van der Waals surface area contributed by atoms with Crippen molar-refractivity contribution in [1.82, 2.24) is 19.7 Å². The lowest BCUT2D eigenvalue weighted by Gasteiger charge is -2.18. The highest BCUT2D eigenvalue weighted by atomic mass is 35.5. The summed E-state index contributed by atoms with van der Waals surface area (Å²) in [4.78, 5) is 21.8. The van der Waals surface area contributed by atoms with E-state index >= 15 is 0 Å². The van der Waals surface area contributed by atoms with E-state index in [0.717, 1.165) is 24.1 Å². The van der Waals surface area contributed by atoms with Crippen molar-refractivity contribution in [1.29, 1.82) is 0 Å². The maximum atomic E-state index is 12.5. The van der Waals surface area contributed by atoms with Gasteiger partial charge in [0.15, 0.2) is 5.52 Å². The molecule has 6 nitrogen and oxygen atoms in total. The summed E-state index contributed by atoms with van der Waals surface area (Å²) in [7, 11) is 3.65. The van der Waals surface area contributed by atoms with Gasteiger partial charge in [-0.25, -0.2) is 4.98 Å². The third-order valence-electron chi connectivity index (χ3n) is 3.96. The minimum atomic E-state index is -0.182. The average molecular weight is 346 g/mol. The molecule has 24 heavy (non-hydrogen) atoms. The Morgan fingerprint density at radius 1 is 1.33 bits per heavy atom. The van der Waals surface area contributed by atoms with Gasteiger partial charge in [0, 0.05) is 25.7 Å². The van der Waals surface area contributed by atoms with Crippen molar-refractivity contribution in [3.8, 4) is 0 Å². The molecule has 0 aliphatic heterocycles. The third-order valence-corrected chi connectivity index (χ3v) is 4.33. The van der Waals surface area contributed by atoms with Crippen molar-refractivity contribution in [3.05, 3.63) is 50.9 Å². The number of fused-ring (bicyclic) bond motifs is 1. The van der Waals surface area contributed by atoms with E-state index in [1.807, 2.05) is 36.2 Å². The van der Waals surface area contributed by atoms with Crippen LogP contribution in [0.4, 0.5) is 5.95 Å². The van der Waals surface area contributed by atoms with E-state index in [2.05, 4.69) is 22.0 Å². The maximum Gasteiger partial charge on any atom is 0.278 e. The molecule has 3 rings (SSSR count). The number of rotatable bonds is 5. The number of hydrogen-bond acceptors (Lipinski definition) is 4. The van der Waals surface area contributed by atoms with Crippen LogP contribution in [0.5, 0.6) is 0 Å². The predicted octanol–water partition coefficient (Wildman–Crippen LogP) is 2.90. The molecule has 0 spiro atoms. The van der Waals surface area contributed by atoms with Crippen molar-refractivity contribution >= 4 is 28.6 Å². The fraction of sp³-hybridized carbons (Fsp3) is 0.353. The molecule has 0 fully saturated rings. The van der Waals surface area contributed by atoms with Gasteiger partial charge in [-0.15, -0.1) is 0 Å². The lowest BCUT2D eigenvalue weighted by Crippen LogP contribution is -2.23. The average Bonchev–Trinajstić information content (AvgIpc) is 2.86. The second kappa shape index (κ2) is 6.65. The van der Waals surface area contributed by atoms with Crippen LogP contribution in [0.2, 0.25) is 5.02 Å². The Morgan fingerprint density at radius 2 is 2.08 bits per heavy atom. The first-order valence-corrected chi connectivity index (χ1v) is 8.29. The molecular formula is C17H20ClN5O. The van der Waals surface area contributed by atoms with Crippen LogP contribution >= 0.6 is 11.6 Å². The van der Waals surface area contributed by atoms with Crippen molar-refractivity contribution in [2.75, 3.05) is 11.9 Å². The third kappa shape index (κ3) is 3.01. The van der Waals surface area contributed by atoms with Gasteiger partial charge < -0.3 is 4.90 Å². The number of aromatic nitrogens is 4. The summed E-state index contributed by atoms with van der Waals surface area (Å²) in [5.74, 6) is 0.512. The number of halogens is 1. The summed E-state index contributed by atoms with van der Waals surface area (Å²) >= 11 is 6.22. The van der Waals surface area contributed by atoms with Crippen LogP contribution in [-0.4, -0.2) is 26.8 Å². The molecule has 0 unspecified atom stereocenters. The minimum absolute atomic E-state index is 0.182. The number of benzene rings is 1. The van der Waals surface area contributed by atoms with Crippen LogP contribution in [0.3, 0.4) is 0 Å². The molecule has 0 radical (unpaired) electrons. The molecule has 1 aromatic carbocycles. The van der Waals surface area contributed by atoms with E-state index in [4.69, 9.17) is 11.6 Å². The Bertz CT molecular complexity index is 930. The van der Waals surface area contributed by atoms with Crippen LogP contribution in [0.25, 0.3) is 11.0 Å². The van der Waals surface area contributed by atoms with E-state index in [-0.39, 0.29) is 5.56 Å². The monoisotopic (exact) mass is 345 g/mol. The van der Waals surface area contributed by atoms with Gasteiger partial charge in [0.1, 0.15) is 5.52 Å². The number of H-pyrrole nitrogens is 1. The number of nitrogens with one attached hydrogen (secondary N) is 1. The fourth-order valence-corrected chi connectivity index (χ4v) is 2.97. The normalized spacial score (nSPS) is 11.2. The van der Waals surface area contributed by atoms with Crippen LogP contribution < -0.4 is 10.5 Å². The van der Waals surface area contributed by atoms with Crippen LogP contribution in [0.1, 0.15) is 24.6 Å². The Morgan fingerprint density at radius 3 is 2.79 bits per heavy atom. The molecule has 3 aromatic rings. The molecule has 0 aliphatic carbocycles. The van der Waals surface area contributed by atoms with E-state index in [9.17, 15) is 4.79 Å². The molecule has 0 aliphatic rings. The zero-order valence-electron chi connectivity index (χ0n) is 14.0. The molecule has 2 heterocycles. The van der Waals surface area contributed by atoms with Gasteiger partial charge in [0.2, 0.25) is 5.95 Å². The van der Waals surface area contributed by atoms with Crippen molar-refractivity contribution in [3.63, 3.8) is 0 Å². The summed E-state index contributed by atoms with van der Waals surface area (Å²) in [5, 5.41) is 5.13. The first-order valence-electron chi connectivity index (χ1n) is 7.91. The second-order valence-electron chi connectivity index (χ2n) is 5.85. The summed E-state index contributed by atoms with van der Waals surface area (Å²) in [6.07, 6.45) is 1.74. The van der Waals surface area contributed by atoms with Crippen LogP contribution in [0.15, 0.2) is 29.1 Å². The molecule has 0 bridgehead atoms. The van der Waals surface area contributed by atoms with Gasteiger partial charge in [-0.1, -0.05) is 43.1 Å². The Kier molecular flexibility index (Phi) is 4.57. The molecule has 1 N–H and O–H groups in total. The molecule has 7 heteroatoms. The molecule has 126 valence electrons. The molecule has 0 saturated heterocycles. The lowest BCUT2D eigenvalue weighted by molar-refractivity contribution is 0.750. The number of aromatic amines is 1. The SMILES string of the molecule is CCCc1nn(C)c2c(=O)[nH]c(N(C)Cc3ccccc3Cl)nc12. The van der Waals surface area contributed by atoms with E-state index in [0.29, 0.717) is 28.5 Å². The number of anilines is 1. The highest BCUT2D eigenvalue weighted by Gasteiger charge is 2.16. The molecule has 2 aromatic heterocycles. The Hall–Kier alpha value is -2.34. The lowest BCUT2D eigenvalue weighted by atomic mass is 10.2. The summed E-state index contributed by atoms with van der Waals surface area (Å²) in [6.45, 7) is 2.63. The van der Waals surface area contributed by atoms with Crippen molar-refractivity contribution in [2.45, 2.75) is 26.3 Å². The Labute approximate surface area is 145 Å². The van der Waals surface area contributed by atoms with E-state index in [1.54, 1.807) is 11.7 Å². The minimum Gasteiger partial charge on any atom is -0.341 e. The molecule has 0 saturated carbocycles. The van der Waals surface area contributed by atoms with Gasteiger partial charge >= 0.3 is 0 Å². The fourth-order valence-electron chi connectivity index (χ4n) is 2.78. The van der Waals surface area contributed by atoms with Gasteiger partial charge in [0.25, 0.3) is 5.56 Å².